The number of nitrogens with one attached hydrogen (secondary N) is 1. The lowest BCUT2D eigenvalue weighted by Crippen LogP contribution is -2.13. The molecule has 0 aliphatic heterocycles. The van der Waals surface area contributed by atoms with Crippen LogP contribution in [0.2, 0.25) is 0 Å². The van der Waals surface area contributed by atoms with Crippen molar-refractivity contribution in [3.63, 3.8) is 0 Å². The SMILES string of the molecule is C=CCc1cc(C(=O)Nc2ccccc2)cc(OC)c1OC. The minimum atomic E-state index is -0.197. The van der Waals surface area contributed by atoms with Gasteiger partial charge in [-0.2, -0.15) is 0 Å². The molecule has 0 saturated carbocycles. The highest BCUT2D eigenvalue weighted by Crippen LogP contribution is 2.33. The summed E-state index contributed by atoms with van der Waals surface area (Å²) in [6.45, 7) is 3.73. The third kappa shape index (κ3) is 3.47. The molecule has 0 aliphatic carbocycles. The van der Waals surface area contributed by atoms with Gasteiger partial charge in [0.15, 0.2) is 11.5 Å². The number of rotatable bonds is 6. The summed E-state index contributed by atoms with van der Waals surface area (Å²) in [6, 6.07) is 12.8. The Morgan fingerprint density at radius 2 is 1.91 bits per heavy atom. The number of hydrogen-bond acceptors (Lipinski definition) is 3. The van der Waals surface area contributed by atoms with Crippen LogP contribution in [0.5, 0.6) is 11.5 Å². The summed E-state index contributed by atoms with van der Waals surface area (Å²) in [5.74, 6) is 0.955. The molecular formula is C18H19NO3. The summed E-state index contributed by atoms with van der Waals surface area (Å²) in [5.41, 5.74) is 2.11. The van der Waals surface area contributed by atoms with Crippen molar-refractivity contribution in [3.8, 4) is 11.5 Å². The molecule has 0 aromatic heterocycles. The van der Waals surface area contributed by atoms with Crippen molar-refractivity contribution >= 4 is 11.6 Å². The quantitative estimate of drug-likeness (QED) is 0.827. The third-order valence-corrected chi connectivity index (χ3v) is 3.21. The van der Waals surface area contributed by atoms with Gasteiger partial charge in [-0.25, -0.2) is 0 Å². The first kappa shape index (κ1) is 15.6. The van der Waals surface area contributed by atoms with E-state index in [4.69, 9.17) is 9.47 Å². The van der Waals surface area contributed by atoms with Gasteiger partial charge in [-0.3, -0.25) is 4.79 Å². The van der Waals surface area contributed by atoms with Gasteiger partial charge in [0, 0.05) is 16.8 Å². The number of carbonyl (C=O) groups excluding carboxylic acids is 1. The number of ether oxygens (including phenoxy) is 2. The highest BCUT2D eigenvalue weighted by Gasteiger charge is 2.15. The molecule has 2 rings (SSSR count). The molecule has 0 bridgehead atoms. The van der Waals surface area contributed by atoms with Gasteiger partial charge < -0.3 is 14.8 Å². The number of benzene rings is 2. The van der Waals surface area contributed by atoms with Gasteiger partial charge in [-0.05, 0) is 30.7 Å². The zero-order valence-corrected chi connectivity index (χ0v) is 12.8. The van der Waals surface area contributed by atoms with Crippen LogP contribution in [0, 0.1) is 0 Å². The number of allylic oxidation sites excluding steroid dienone is 1. The molecule has 2 aromatic rings. The van der Waals surface area contributed by atoms with Crippen molar-refractivity contribution in [1.82, 2.24) is 0 Å². The molecule has 0 fully saturated rings. The van der Waals surface area contributed by atoms with E-state index in [-0.39, 0.29) is 5.91 Å². The maximum absolute atomic E-state index is 12.4. The van der Waals surface area contributed by atoms with Crippen LogP contribution in [0.15, 0.2) is 55.1 Å². The van der Waals surface area contributed by atoms with Crippen molar-refractivity contribution in [3.05, 3.63) is 66.2 Å². The Morgan fingerprint density at radius 1 is 1.18 bits per heavy atom. The summed E-state index contributed by atoms with van der Waals surface area (Å²) in [7, 11) is 3.13. The largest absolute Gasteiger partial charge is 0.493 e. The van der Waals surface area contributed by atoms with E-state index in [9.17, 15) is 4.79 Å². The predicted octanol–water partition coefficient (Wildman–Crippen LogP) is 3.68. The van der Waals surface area contributed by atoms with Crippen LogP contribution in [0.3, 0.4) is 0 Å². The van der Waals surface area contributed by atoms with Gasteiger partial charge in [0.2, 0.25) is 0 Å². The van der Waals surface area contributed by atoms with E-state index in [1.807, 2.05) is 30.3 Å². The van der Waals surface area contributed by atoms with E-state index in [1.54, 1.807) is 32.4 Å². The Hall–Kier alpha value is -2.75. The fourth-order valence-electron chi connectivity index (χ4n) is 2.21. The zero-order chi connectivity index (χ0) is 15.9. The monoisotopic (exact) mass is 297 g/mol. The van der Waals surface area contributed by atoms with Gasteiger partial charge in [0.05, 0.1) is 14.2 Å². The Bertz CT molecular complexity index is 666. The molecule has 2 aromatic carbocycles. The van der Waals surface area contributed by atoms with Gasteiger partial charge in [-0.15, -0.1) is 6.58 Å². The van der Waals surface area contributed by atoms with Crippen LogP contribution in [-0.2, 0) is 6.42 Å². The molecule has 0 heterocycles. The smallest absolute Gasteiger partial charge is 0.255 e. The maximum Gasteiger partial charge on any atom is 0.255 e. The average Bonchev–Trinajstić information content (AvgIpc) is 2.55. The maximum atomic E-state index is 12.4. The fourth-order valence-corrected chi connectivity index (χ4v) is 2.21. The lowest BCUT2D eigenvalue weighted by Gasteiger charge is -2.14. The zero-order valence-electron chi connectivity index (χ0n) is 12.8. The van der Waals surface area contributed by atoms with Gasteiger partial charge >= 0.3 is 0 Å². The summed E-state index contributed by atoms with van der Waals surface area (Å²) >= 11 is 0. The molecule has 0 unspecified atom stereocenters. The molecule has 0 atom stereocenters. The number of methoxy groups -OCH3 is 2. The van der Waals surface area contributed by atoms with Gasteiger partial charge in [0.25, 0.3) is 5.91 Å². The Kier molecular flexibility index (Phi) is 5.20. The van der Waals surface area contributed by atoms with Crippen molar-refractivity contribution < 1.29 is 14.3 Å². The van der Waals surface area contributed by atoms with Crippen LogP contribution < -0.4 is 14.8 Å². The first-order valence-corrected chi connectivity index (χ1v) is 6.91. The van der Waals surface area contributed by atoms with E-state index >= 15 is 0 Å². The van der Waals surface area contributed by atoms with Crippen LogP contribution >= 0.6 is 0 Å². The number of hydrogen-bond donors (Lipinski definition) is 1. The van der Waals surface area contributed by atoms with Gasteiger partial charge in [-0.1, -0.05) is 24.3 Å². The second-order valence-electron chi connectivity index (χ2n) is 4.68. The van der Waals surface area contributed by atoms with E-state index < -0.39 is 0 Å². The average molecular weight is 297 g/mol. The summed E-state index contributed by atoms with van der Waals surface area (Å²) in [5, 5.41) is 2.86. The van der Waals surface area contributed by atoms with Crippen molar-refractivity contribution in [2.24, 2.45) is 0 Å². The van der Waals surface area contributed by atoms with E-state index in [1.165, 1.54) is 0 Å². The molecule has 4 heteroatoms. The minimum Gasteiger partial charge on any atom is -0.493 e. The predicted molar refractivity (Wildman–Crippen MR) is 87.8 cm³/mol. The molecular weight excluding hydrogens is 278 g/mol. The van der Waals surface area contributed by atoms with Crippen LogP contribution in [0.1, 0.15) is 15.9 Å². The first-order chi connectivity index (χ1) is 10.7. The van der Waals surface area contributed by atoms with Crippen LogP contribution in [-0.4, -0.2) is 20.1 Å². The van der Waals surface area contributed by atoms with Crippen molar-refractivity contribution in [2.45, 2.75) is 6.42 Å². The second kappa shape index (κ2) is 7.31. The third-order valence-electron chi connectivity index (χ3n) is 3.21. The minimum absolute atomic E-state index is 0.197. The molecule has 4 nitrogen and oxygen atoms in total. The standard InChI is InChI=1S/C18H19NO3/c1-4-8-13-11-14(12-16(21-2)17(13)22-3)18(20)19-15-9-6-5-7-10-15/h4-7,9-12H,1,8H2,2-3H3,(H,19,20). The Labute approximate surface area is 130 Å². The van der Waals surface area contributed by atoms with Crippen LogP contribution in [0.4, 0.5) is 5.69 Å². The molecule has 22 heavy (non-hydrogen) atoms. The Morgan fingerprint density at radius 3 is 2.50 bits per heavy atom. The second-order valence-corrected chi connectivity index (χ2v) is 4.68. The first-order valence-electron chi connectivity index (χ1n) is 6.91. The summed E-state index contributed by atoms with van der Waals surface area (Å²) in [6.07, 6.45) is 2.35. The van der Waals surface area contributed by atoms with E-state index in [0.29, 0.717) is 23.5 Å². The fraction of sp³-hybridized carbons (Fsp3) is 0.167. The number of anilines is 1. The molecule has 0 spiro atoms. The normalized spacial score (nSPS) is 9.91. The number of carbonyl (C=O) groups is 1. The Balaban J connectivity index is 2.35. The van der Waals surface area contributed by atoms with Crippen molar-refractivity contribution in [2.75, 3.05) is 19.5 Å². The molecule has 1 amide bonds. The molecule has 0 radical (unpaired) electrons. The molecule has 1 N–H and O–H groups in total. The molecule has 0 saturated heterocycles. The lowest BCUT2D eigenvalue weighted by molar-refractivity contribution is 0.102. The lowest BCUT2D eigenvalue weighted by atomic mass is 10.0. The number of para-hydroxylation sites is 1. The van der Waals surface area contributed by atoms with Crippen molar-refractivity contribution in [1.29, 1.82) is 0 Å². The van der Waals surface area contributed by atoms with E-state index in [0.717, 1.165) is 11.3 Å². The van der Waals surface area contributed by atoms with Gasteiger partial charge in [0.1, 0.15) is 0 Å². The number of amides is 1. The summed E-state index contributed by atoms with van der Waals surface area (Å²) in [4.78, 5) is 12.4. The van der Waals surface area contributed by atoms with Crippen LogP contribution in [0.25, 0.3) is 0 Å². The highest BCUT2D eigenvalue weighted by atomic mass is 16.5. The summed E-state index contributed by atoms with van der Waals surface area (Å²) < 4.78 is 10.7. The highest BCUT2D eigenvalue weighted by molar-refractivity contribution is 6.04. The topological polar surface area (TPSA) is 47.6 Å². The molecule has 0 aliphatic rings. The molecule has 114 valence electrons. The van der Waals surface area contributed by atoms with E-state index in [2.05, 4.69) is 11.9 Å².